The molecule has 0 saturated heterocycles. The minimum Gasteiger partial charge on any atom is -0.408 e. The van der Waals surface area contributed by atoms with Gasteiger partial charge in [-0.2, -0.15) is 0 Å². The first-order valence-corrected chi connectivity index (χ1v) is 27.5. The third-order valence-electron chi connectivity index (χ3n) is 13.5. The summed E-state index contributed by atoms with van der Waals surface area (Å²) in [5, 5.41) is 2.06. The van der Waals surface area contributed by atoms with Crippen molar-refractivity contribution in [3.8, 4) is 34.1 Å². The Bertz CT molecular complexity index is 2890. The maximum Gasteiger partial charge on any atom is 0.530 e. The molecule has 0 aliphatic carbocycles. The minimum absolute atomic E-state index is 0.130. The van der Waals surface area contributed by atoms with Gasteiger partial charge in [-0.3, -0.25) is 0 Å². The highest BCUT2D eigenvalue weighted by atomic mass is 31.2. The number of hydrogen-bond acceptors (Lipinski definition) is 6. The first-order valence-electron chi connectivity index (χ1n) is 25.3. The Morgan fingerprint density at radius 3 is 0.957 bits per heavy atom. The van der Waals surface area contributed by atoms with Crippen molar-refractivity contribution in [2.75, 3.05) is 0 Å². The minimum atomic E-state index is -2.16. The highest BCUT2D eigenvalue weighted by Crippen LogP contribution is 2.58. The second kappa shape index (κ2) is 17.7. The fourth-order valence-corrected chi connectivity index (χ4v) is 11.1. The van der Waals surface area contributed by atoms with Gasteiger partial charge >= 0.3 is 16.8 Å². The van der Waals surface area contributed by atoms with Crippen molar-refractivity contribution in [3.05, 3.63) is 117 Å². The van der Waals surface area contributed by atoms with Gasteiger partial charge in [-0.05, 0) is 102 Å². The smallest absolute Gasteiger partial charge is 0.408 e. The zero-order valence-corrected chi connectivity index (χ0v) is 49.1. The summed E-state index contributed by atoms with van der Waals surface area (Å²) in [6.45, 7) is 54.5. The highest BCUT2D eigenvalue weighted by molar-refractivity contribution is 7.43. The van der Waals surface area contributed by atoms with Crippen LogP contribution in [0.1, 0.15) is 211 Å². The van der Waals surface area contributed by atoms with E-state index in [0.29, 0.717) is 23.0 Å². The summed E-state index contributed by atoms with van der Waals surface area (Å²) in [5.41, 5.74) is 10.6. The molecule has 0 atom stereocenters. The van der Waals surface area contributed by atoms with Crippen LogP contribution in [0.2, 0.25) is 0 Å². The molecule has 2 heterocycles. The molecule has 5 aromatic carbocycles. The molecule has 70 heavy (non-hydrogen) atoms. The average molecular weight is 987 g/mol. The predicted octanol–water partition coefficient (Wildman–Crippen LogP) is 20.3. The molecule has 1 aliphatic heterocycles. The summed E-state index contributed by atoms with van der Waals surface area (Å²) >= 11 is 0. The lowest BCUT2D eigenvalue weighted by Gasteiger charge is -2.32. The number of rotatable bonds is 5. The van der Waals surface area contributed by atoms with Gasteiger partial charge in [-0.25, -0.2) is 0 Å². The number of benzene rings is 5. The van der Waals surface area contributed by atoms with Gasteiger partial charge in [0.05, 0.1) is 0 Å². The lowest BCUT2D eigenvalue weighted by Crippen LogP contribution is -2.20. The van der Waals surface area contributed by atoms with Gasteiger partial charge in [0.2, 0.25) is 0 Å². The van der Waals surface area contributed by atoms with Crippen molar-refractivity contribution in [1.82, 2.24) is 0 Å². The van der Waals surface area contributed by atoms with Crippen LogP contribution in [0.3, 0.4) is 0 Å². The van der Waals surface area contributed by atoms with Crippen molar-refractivity contribution in [2.45, 2.75) is 209 Å². The molecule has 0 radical (unpaired) electrons. The molecule has 1 aliphatic rings. The Labute approximate surface area is 424 Å². The lowest BCUT2D eigenvalue weighted by molar-refractivity contribution is 0.424. The number of fused-ring (bicyclic) bond motifs is 4. The van der Waals surface area contributed by atoms with Gasteiger partial charge in [0.1, 0.15) is 22.7 Å². The normalized spacial score (nSPS) is 14.5. The molecule has 1 aromatic heterocycles. The summed E-state index contributed by atoms with van der Waals surface area (Å²) < 4.78 is 42.8. The van der Waals surface area contributed by atoms with Gasteiger partial charge in [-0.15, -0.1) is 0 Å². The second-order valence-corrected chi connectivity index (χ2v) is 30.0. The summed E-state index contributed by atoms with van der Waals surface area (Å²) in [6.07, 6.45) is 0. The molecule has 0 bridgehead atoms. The molecule has 378 valence electrons. The Hall–Kier alpha value is -4.37. The Morgan fingerprint density at radius 2 is 0.643 bits per heavy atom. The Kier molecular flexibility index (Phi) is 13.5. The second-order valence-electron chi connectivity index (χ2n) is 28.0. The van der Waals surface area contributed by atoms with E-state index < -0.39 is 16.8 Å². The van der Waals surface area contributed by atoms with Crippen molar-refractivity contribution in [2.24, 2.45) is 0 Å². The zero-order valence-electron chi connectivity index (χ0n) is 47.3. The summed E-state index contributed by atoms with van der Waals surface area (Å²) in [6, 6.07) is 26.4. The topological polar surface area (TPSA) is 63.2 Å². The third-order valence-corrected chi connectivity index (χ3v) is 15.5. The summed E-state index contributed by atoms with van der Waals surface area (Å²) in [4.78, 5) is 0. The van der Waals surface area contributed by atoms with Crippen LogP contribution >= 0.6 is 16.8 Å². The Balaban J connectivity index is 1.68. The molecule has 0 N–H and O–H groups in total. The van der Waals surface area contributed by atoms with Gasteiger partial charge in [0.15, 0.2) is 11.5 Å². The maximum atomic E-state index is 7.72. The highest BCUT2D eigenvalue weighted by Gasteiger charge is 2.38. The van der Waals surface area contributed by atoms with Crippen LogP contribution in [0.4, 0.5) is 0 Å². The summed E-state index contributed by atoms with van der Waals surface area (Å²) in [7, 11) is -4.00. The first kappa shape index (κ1) is 53.4. The van der Waals surface area contributed by atoms with Crippen LogP contribution in [0, 0.1) is 0 Å². The SMILES string of the molecule is CC(C)(C)c1cc(-c2cc(C(C)(C)C)cc(C(C)(C)C)c2Op2oc3c(C(C)(C)C)cc(C(C)(C)C)cc3c3cc(C(C)(C)C)cc(C(C)(C)C)c3o2)c(OP2Oc3ccccc3O2)c(C(C)(C)C)c1. The third kappa shape index (κ3) is 11.0. The first-order chi connectivity index (χ1) is 31.7. The molecule has 6 aromatic rings. The van der Waals surface area contributed by atoms with E-state index >= 15 is 0 Å². The molecular weight excluding hydrogens is 903 g/mol. The maximum absolute atomic E-state index is 7.72. The van der Waals surface area contributed by atoms with Crippen LogP contribution in [-0.2, 0) is 43.3 Å². The quantitative estimate of drug-likeness (QED) is 0.160. The van der Waals surface area contributed by atoms with E-state index in [1.807, 2.05) is 24.3 Å². The molecule has 8 heteroatoms. The van der Waals surface area contributed by atoms with Crippen molar-refractivity contribution in [1.29, 1.82) is 0 Å². The zero-order chi connectivity index (χ0) is 52.3. The van der Waals surface area contributed by atoms with Crippen molar-refractivity contribution in [3.63, 3.8) is 0 Å². The van der Waals surface area contributed by atoms with Gasteiger partial charge in [0.25, 0.3) is 0 Å². The van der Waals surface area contributed by atoms with E-state index in [9.17, 15) is 0 Å². The number of hydrogen-bond donors (Lipinski definition) is 0. The van der Waals surface area contributed by atoms with Gasteiger partial charge < -0.3 is 26.5 Å². The van der Waals surface area contributed by atoms with E-state index in [1.165, 1.54) is 22.3 Å². The van der Waals surface area contributed by atoms with E-state index in [1.54, 1.807) is 0 Å². The average Bonchev–Trinajstić information content (AvgIpc) is 3.52. The van der Waals surface area contributed by atoms with Crippen LogP contribution < -0.4 is 18.1 Å². The van der Waals surface area contributed by atoms with Crippen LogP contribution in [0.25, 0.3) is 33.1 Å². The van der Waals surface area contributed by atoms with Crippen LogP contribution in [0.15, 0.2) is 81.2 Å². The Morgan fingerprint density at radius 1 is 0.343 bits per heavy atom. The molecule has 0 amide bonds. The largest absolute Gasteiger partial charge is 0.530 e. The van der Waals surface area contributed by atoms with Gasteiger partial charge in [-0.1, -0.05) is 203 Å². The van der Waals surface area contributed by atoms with E-state index in [2.05, 4.69) is 215 Å². The van der Waals surface area contributed by atoms with E-state index in [0.717, 1.165) is 55.3 Å². The molecular formula is C62H84O6P2. The van der Waals surface area contributed by atoms with E-state index in [4.69, 9.17) is 26.5 Å². The standard InChI is InChI=1S/C62H84O6P2/c1-55(2,3)37-29-41(51(45(33-37)59(13,14)15)65-69-63-49-27-25-26-28-50(49)64-69)42-30-38(56(4,5)6)34-46(60(16,17)18)52(42)66-70-67-53-43(31-39(57(7,8)9)35-47(53)61(19,20)21)44-32-40(58(10,11)12)36-48(54(44)68-70)62(22,23)24/h25-36H,1-24H3. The van der Waals surface area contributed by atoms with Crippen molar-refractivity contribution >= 4 is 38.8 Å². The van der Waals surface area contributed by atoms with Gasteiger partial charge in [0, 0.05) is 44.2 Å². The lowest BCUT2D eigenvalue weighted by atomic mass is 9.75. The molecule has 0 spiro atoms. The monoisotopic (exact) mass is 987 g/mol. The number of para-hydroxylation sites is 2. The molecule has 0 saturated carbocycles. The summed E-state index contributed by atoms with van der Waals surface area (Å²) in [5.74, 6) is 2.75. The fraction of sp³-hybridized carbons (Fsp3) is 0.516. The van der Waals surface area contributed by atoms with E-state index in [-0.39, 0.29) is 43.3 Å². The molecule has 6 nitrogen and oxygen atoms in total. The molecule has 7 rings (SSSR count). The molecule has 0 fully saturated rings. The molecule has 0 unspecified atom stereocenters. The predicted molar refractivity (Wildman–Crippen MR) is 299 cm³/mol. The van der Waals surface area contributed by atoms with Crippen molar-refractivity contribution < 1.29 is 26.5 Å². The fourth-order valence-electron chi connectivity index (χ4n) is 8.84. The van der Waals surface area contributed by atoms with Crippen LogP contribution in [0.5, 0.6) is 23.0 Å². The van der Waals surface area contributed by atoms with Crippen LogP contribution in [-0.4, -0.2) is 0 Å².